The van der Waals surface area contributed by atoms with Crippen LogP contribution in [0.3, 0.4) is 0 Å². The molecular formula is C15H20N4O. The van der Waals surface area contributed by atoms with Crippen molar-refractivity contribution in [2.24, 2.45) is 7.05 Å². The highest BCUT2D eigenvalue weighted by Crippen LogP contribution is 2.15. The van der Waals surface area contributed by atoms with Crippen LogP contribution in [0.5, 0.6) is 0 Å². The van der Waals surface area contributed by atoms with Crippen molar-refractivity contribution in [2.75, 3.05) is 20.1 Å². The zero-order chi connectivity index (χ0) is 14.1. The van der Waals surface area contributed by atoms with E-state index in [1.807, 2.05) is 31.4 Å². The maximum atomic E-state index is 12.3. The number of piperidine rings is 1. The first kappa shape index (κ1) is 13.1. The Kier molecular flexibility index (Phi) is 3.44. The number of rotatable bonds is 2. The normalized spacial score (nSPS) is 17.5. The molecule has 0 aliphatic carbocycles. The van der Waals surface area contributed by atoms with Gasteiger partial charge in [-0.1, -0.05) is 6.07 Å². The highest BCUT2D eigenvalue weighted by atomic mass is 16.1. The molecule has 5 nitrogen and oxygen atoms in total. The smallest absolute Gasteiger partial charge is 0.251 e. The summed E-state index contributed by atoms with van der Waals surface area (Å²) in [7, 11) is 4.01. The molecule has 5 heteroatoms. The van der Waals surface area contributed by atoms with Gasteiger partial charge in [0.05, 0.1) is 5.52 Å². The summed E-state index contributed by atoms with van der Waals surface area (Å²) in [5, 5.41) is 8.53. The highest BCUT2D eigenvalue weighted by Gasteiger charge is 2.19. The second-order valence-electron chi connectivity index (χ2n) is 5.63. The van der Waals surface area contributed by atoms with Crippen LogP contribution >= 0.6 is 0 Å². The van der Waals surface area contributed by atoms with Crippen LogP contribution in [0, 0.1) is 0 Å². The third-order valence-electron chi connectivity index (χ3n) is 3.94. The summed E-state index contributed by atoms with van der Waals surface area (Å²) >= 11 is 0. The lowest BCUT2D eigenvalue weighted by molar-refractivity contribution is 0.0917. The van der Waals surface area contributed by atoms with Gasteiger partial charge in [-0.3, -0.25) is 9.48 Å². The average molecular weight is 272 g/mol. The van der Waals surface area contributed by atoms with Crippen LogP contribution < -0.4 is 5.32 Å². The van der Waals surface area contributed by atoms with E-state index in [0.717, 1.165) is 36.8 Å². The van der Waals surface area contributed by atoms with Crippen molar-refractivity contribution >= 4 is 16.8 Å². The molecule has 0 atom stereocenters. The van der Waals surface area contributed by atoms with Crippen molar-refractivity contribution in [3.05, 3.63) is 30.0 Å². The molecule has 20 heavy (non-hydrogen) atoms. The van der Waals surface area contributed by atoms with Gasteiger partial charge in [0.15, 0.2) is 0 Å². The highest BCUT2D eigenvalue weighted by molar-refractivity contribution is 5.97. The number of aryl methyl sites for hydroxylation is 1. The largest absolute Gasteiger partial charge is 0.349 e. The topological polar surface area (TPSA) is 50.2 Å². The van der Waals surface area contributed by atoms with Crippen LogP contribution in [0.1, 0.15) is 23.2 Å². The Hall–Kier alpha value is -1.88. The minimum absolute atomic E-state index is 0.00658. The average Bonchev–Trinajstić information content (AvgIpc) is 2.80. The van der Waals surface area contributed by atoms with Crippen LogP contribution in [-0.2, 0) is 7.05 Å². The molecule has 0 spiro atoms. The van der Waals surface area contributed by atoms with Crippen LogP contribution in [0.4, 0.5) is 0 Å². The zero-order valence-electron chi connectivity index (χ0n) is 12.0. The lowest BCUT2D eigenvalue weighted by Gasteiger charge is -2.29. The van der Waals surface area contributed by atoms with Crippen LogP contribution in [0.2, 0.25) is 0 Å². The molecule has 1 saturated heterocycles. The molecule has 1 aliphatic heterocycles. The van der Waals surface area contributed by atoms with Crippen molar-refractivity contribution in [1.29, 1.82) is 0 Å². The molecule has 2 heterocycles. The van der Waals surface area contributed by atoms with Gasteiger partial charge >= 0.3 is 0 Å². The van der Waals surface area contributed by atoms with Crippen molar-refractivity contribution in [1.82, 2.24) is 20.0 Å². The van der Waals surface area contributed by atoms with Gasteiger partial charge in [0.1, 0.15) is 0 Å². The fourth-order valence-corrected chi connectivity index (χ4v) is 2.70. The van der Waals surface area contributed by atoms with E-state index in [1.165, 1.54) is 0 Å². The quantitative estimate of drug-likeness (QED) is 0.899. The number of benzene rings is 1. The van der Waals surface area contributed by atoms with Gasteiger partial charge in [0.2, 0.25) is 0 Å². The standard InChI is InChI=1S/C15H20N4O/c1-18-7-5-13(6-8-18)16-15(20)11-3-4-12-10-19(2)17-14(12)9-11/h3-4,9-10,13H,5-8H2,1-2H3,(H,16,20). The van der Waals surface area contributed by atoms with Gasteiger partial charge < -0.3 is 10.2 Å². The van der Waals surface area contributed by atoms with E-state index < -0.39 is 0 Å². The predicted molar refractivity (Wildman–Crippen MR) is 78.7 cm³/mol. The molecule has 0 bridgehead atoms. The first-order valence-electron chi connectivity index (χ1n) is 7.04. The number of fused-ring (bicyclic) bond motifs is 1. The van der Waals surface area contributed by atoms with Crippen LogP contribution in [0.15, 0.2) is 24.4 Å². The number of nitrogens with one attached hydrogen (secondary N) is 1. The second-order valence-corrected chi connectivity index (χ2v) is 5.63. The lowest BCUT2D eigenvalue weighted by atomic mass is 10.0. The lowest BCUT2D eigenvalue weighted by Crippen LogP contribution is -2.43. The van der Waals surface area contributed by atoms with Gasteiger partial charge in [0, 0.05) is 30.2 Å². The summed E-state index contributed by atoms with van der Waals surface area (Å²) in [6.07, 6.45) is 4.00. The Bertz CT molecular complexity index is 626. The zero-order valence-corrected chi connectivity index (χ0v) is 12.0. The molecule has 0 radical (unpaired) electrons. The molecule has 2 aromatic rings. The number of amides is 1. The van der Waals surface area contributed by atoms with Crippen LogP contribution in [0.25, 0.3) is 10.9 Å². The number of carbonyl (C=O) groups is 1. The Labute approximate surface area is 118 Å². The van der Waals surface area contributed by atoms with E-state index in [0.29, 0.717) is 5.56 Å². The van der Waals surface area contributed by atoms with Crippen molar-refractivity contribution < 1.29 is 4.79 Å². The molecule has 1 fully saturated rings. The first-order valence-corrected chi connectivity index (χ1v) is 7.04. The molecule has 1 aliphatic rings. The minimum atomic E-state index is 0.00658. The molecule has 0 saturated carbocycles. The van der Waals surface area contributed by atoms with Gasteiger partial charge in [-0.15, -0.1) is 0 Å². The summed E-state index contributed by atoms with van der Waals surface area (Å²) in [6.45, 7) is 2.09. The Balaban J connectivity index is 1.71. The van der Waals surface area contributed by atoms with E-state index in [4.69, 9.17) is 0 Å². The van der Waals surface area contributed by atoms with Crippen molar-refractivity contribution in [2.45, 2.75) is 18.9 Å². The second kappa shape index (κ2) is 5.25. The molecular weight excluding hydrogens is 252 g/mol. The van der Waals surface area contributed by atoms with E-state index in [9.17, 15) is 4.79 Å². The van der Waals surface area contributed by atoms with Gasteiger partial charge in [-0.05, 0) is 45.1 Å². The molecule has 1 aromatic heterocycles. The number of hydrogen-bond donors (Lipinski definition) is 1. The fourth-order valence-electron chi connectivity index (χ4n) is 2.70. The molecule has 1 N–H and O–H groups in total. The van der Waals surface area contributed by atoms with Gasteiger partial charge in [-0.2, -0.15) is 5.10 Å². The summed E-state index contributed by atoms with van der Waals surface area (Å²) in [5.41, 5.74) is 1.55. The Morgan fingerprint density at radius 3 is 2.80 bits per heavy atom. The van der Waals surface area contributed by atoms with Crippen molar-refractivity contribution in [3.63, 3.8) is 0 Å². The summed E-state index contributed by atoms with van der Waals surface area (Å²) in [4.78, 5) is 14.6. The van der Waals surface area contributed by atoms with Crippen molar-refractivity contribution in [3.8, 4) is 0 Å². The monoisotopic (exact) mass is 272 g/mol. The van der Waals surface area contributed by atoms with E-state index in [-0.39, 0.29) is 11.9 Å². The Morgan fingerprint density at radius 1 is 1.30 bits per heavy atom. The van der Waals surface area contributed by atoms with Gasteiger partial charge in [-0.25, -0.2) is 0 Å². The SMILES string of the molecule is CN1CCC(NC(=O)c2ccc3cn(C)nc3c2)CC1. The summed E-state index contributed by atoms with van der Waals surface area (Å²) in [5.74, 6) is 0.00658. The Morgan fingerprint density at radius 2 is 2.05 bits per heavy atom. The third-order valence-corrected chi connectivity index (χ3v) is 3.94. The van der Waals surface area contributed by atoms with Crippen LogP contribution in [-0.4, -0.2) is 46.8 Å². The maximum Gasteiger partial charge on any atom is 0.251 e. The van der Waals surface area contributed by atoms with E-state index in [2.05, 4.69) is 22.4 Å². The first-order chi connectivity index (χ1) is 9.61. The molecule has 0 unspecified atom stereocenters. The number of hydrogen-bond acceptors (Lipinski definition) is 3. The molecule has 1 aromatic carbocycles. The van der Waals surface area contributed by atoms with Gasteiger partial charge in [0.25, 0.3) is 5.91 Å². The minimum Gasteiger partial charge on any atom is -0.349 e. The number of carbonyl (C=O) groups excluding carboxylic acids is 1. The predicted octanol–water partition coefficient (Wildman–Crippen LogP) is 1.40. The van der Waals surface area contributed by atoms with E-state index >= 15 is 0 Å². The number of nitrogens with zero attached hydrogens (tertiary/aromatic N) is 3. The molecule has 106 valence electrons. The van der Waals surface area contributed by atoms with E-state index in [1.54, 1.807) is 4.68 Å². The summed E-state index contributed by atoms with van der Waals surface area (Å²) in [6, 6.07) is 5.97. The molecule has 3 rings (SSSR count). The maximum absolute atomic E-state index is 12.3. The molecule has 1 amide bonds. The number of aromatic nitrogens is 2. The fraction of sp³-hybridized carbons (Fsp3) is 0.467. The number of likely N-dealkylation sites (tertiary alicyclic amines) is 1. The summed E-state index contributed by atoms with van der Waals surface area (Å²) < 4.78 is 1.77. The third kappa shape index (κ3) is 2.67.